The molecule has 16 heavy (non-hydrogen) atoms. The topological polar surface area (TPSA) is 60.7 Å². The first kappa shape index (κ1) is 11.5. The molecule has 0 radical (unpaired) electrons. The maximum Gasteiger partial charge on any atom is 0.441 e. The molecule has 4 heteroatoms. The molecule has 2 aromatic rings. The Morgan fingerprint density at radius 1 is 1.00 bits per heavy atom. The maximum atomic E-state index is 9.51. The molecular formula is C12H14O3P+. The fraction of sp³-hybridized carbons (Fsp3) is 0.167. The molecule has 84 valence electrons. The zero-order valence-corrected chi connectivity index (χ0v) is 10.1. The van der Waals surface area contributed by atoms with Crippen LogP contribution in [0.4, 0.5) is 0 Å². The summed E-state index contributed by atoms with van der Waals surface area (Å²) in [6.07, 6.45) is 0. The van der Waals surface area contributed by atoms with Crippen molar-refractivity contribution in [1.29, 1.82) is 0 Å². The van der Waals surface area contributed by atoms with Crippen LogP contribution in [0.5, 0.6) is 0 Å². The van der Waals surface area contributed by atoms with E-state index in [1.165, 1.54) is 0 Å². The molecule has 0 saturated carbocycles. The Balaban J connectivity index is 2.93. The van der Waals surface area contributed by atoms with E-state index >= 15 is 0 Å². The summed E-state index contributed by atoms with van der Waals surface area (Å²) in [5.74, 6) is 0. The van der Waals surface area contributed by atoms with Crippen LogP contribution in [0.1, 0.15) is 11.1 Å². The average Bonchev–Trinajstić information content (AvgIpc) is 2.17. The second-order valence-electron chi connectivity index (χ2n) is 3.96. The van der Waals surface area contributed by atoms with E-state index in [1.54, 1.807) is 13.0 Å². The predicted octanol–water partition coefficient (Wildman–Crippen LogP) is 1.82. The summed E-state index contributed by atoms with van der Waals surface area (Å²) in [6.45, 7) is 3.68. The number of aryl methyl sites for hydroxylation is 1. The highest BCUT2D eigenvalue weighted by Gasteiger charge is 2.38. The van der Waals surface area contributed by atoms with Gasteiger partial charge in [-0.3, -0.25) is 0 Å². The van der Waals surface area contributed by atoms with Crippen LogP contribution < -0.4 is 5.30 Å². The number of rotatable bonds is 1. The molecule has 0 aliphatic heterocycles. The van der Waals surface area contributed by atoms with E-state index in [9.17, 15) is 14.7 Å². The highest BCUT2D eigenvalue weighted by molar-refractivity contribution is 7.67. The molecule has 3 nitrogen and oxygen atoms in total. The van der Waals surface area contributed by atoms with Crippen molar-refractivity contribution in [2.24, 2.45) is 0 Å². The van der Waals surface area contributed by atoms with Gasteiger partial charge in [0.1, 0.15) is 0 Å². The second kappa shape index (κ2) is 3.79. The van der Waals surface area contributed by atoms with Gasteiger partial charge in [-0.25, -0.2) is 0 Å². The van der Waals surface area contributed by atoms with Crippen molar-refractivity contribution >= 4 is 24.0 Å². The van der Waals surface area contributed by atoms with Gasteiger partial charge in [-0.1, -0.05) is 30.3 Å². The Morgan fingerprint density at radius 3 is 2.25 bits per heavy atom. The summed E-state index contributed by atoms with van der Waals surface area (Å²) in [7, 11) is -3.98. The molecule has 0 aliphatic carbocycles. The summed E-state index contributed by atoms with van der Waals surface area (Å²) >= 11 is 0. The Labute approximate surface area is 94.6 Å². The first-order chi connectivity index (χ1) is 7.41. The van der Waals surface area contributed by atoms with Gasteiger partial charge in [0.15, 0.2) is 5.30 Å². The molecule has 2 aromatic carbocycles. The van der Waals surface area contributed by atoms with Crippen LogP contribution in [0.3, 0.4) is 0 Å². The number of hydrogen-bond acceptors (Lipinski definition) is 3. The van der Waals surface area contributed by atoms with Crippen LogP contribution in [0.25, 0.3) is 10.8 Å². The zero-order valence-electron chi connectivity index (χ0n) is 9.18. The summed E-state index contributed by atoms with van der Waals surface area (Å²) < 4.78 is 0. The molecule has 0 saturated heterocycles. The second-order valence-corrected chi connectivity index (χ2v) is 5.54. The van der Waals surface area contributed by atoms with Crippen molar-refractivity contribution in [3.8, 4) is 0 Å². The monoisotopic (exact) mass is 237 g/mol. The molecule has 0 fully saturated rings. The number of hydrogen-bond donors (Lipinski definition) is 3. The highest BCUT2D eigenvalue weighted by Crippen LogP contribution is 2.46. The molecule has 0 atom stereocenters. The fourth-order valence-electron chi connectivity index (χ4n) is 1.96. The third kappa shape index (κ3) is 1.83. The standard InChI is InChI=1S/C12H14O3P/c1-8-7-10-5-3-4-6-11(10)12(9(8)2)16(13,14)15/h3-7,13-15H,1-2H3/q+1. The normalized spacial score (nSPS) is 12.1. The molecule has 2 rings (SSSR count). The molecule has 0 unspecified atom stereocenters. The minimum atomic E-state index is -3.98. The van der Waals surface area contributed by atoms with Crippen molar-refractivity contribution in [3.05, 3.63) is 41.5 Å². The summed E-state index contributed by atoms with van der Waals surface area (Å²) in [5.41, 5.74) is 1.68. The number of benzene rings is 2. The third-order valence-electron chi connectivity index (χ3n) is 2.83. The summed E-state index contributed by atoms with van der Waals surface area (Å²) in [4.78, 5) is 28.5. The lowest BCUT2D eigenvalue weighted by atomic mass is 10.0. The van der Waals surface area contributed by atoms with Crippen LogP contribution in [-0.2, 0) is 0 Å². The Kier molecular flexibility index (Phi) is 2.72. The average molecular weight is 237 g/mol. The van der Waals surface area contributed by atoms with Gasteiger partial charge >= 0.3 is 7.94 Å². The minimum Gasteiger partial charge on any atom is -0.189 e. The van der Waals surface area contributed by atoms with Gasteiger partial charge in [0.2, 0.25) is 0 Å². The molecule has 3 N–H and O–H groups in total. The maximum absolute atomic E-state index is 9.51. The first-order valence-corrected chi connectivity index (χ1v) is 6.63. The molecule has 0 amide bonds. The van der Waals surface area contributed by atoms with Crippen LogP contribution in [0.2, 0.25) is 0 Å². The lowest BCUT2D eigenvalue weighted by molar-refractivity contribution is 0.347. The molecule has 0 aromatic heterocycles. The summed E-state index contributed by atoms with van der Waals surface area (Å²) in [5, 5.41) is 1.87. The SMILES string of the molecule is Cc1cc2ccccc2c([P+](O)(O)O)c1C. The number of fused-ring (bicyclic) bond motifs is 1. The zero-order chi connectivity index (χ0) is 11.9. The highest BCUT2D eigenvalue weighted by atomic mass is 31.2. The van der Waals surface area contributed by atoms with Crippen LogP contribution >= 0.6 is 7.94 Å². The minimum absolute atomic E-state index is 0.267. The van der Waals surface area contributed by atoms with Crippen LogP contribution in [0, 0.1) is 13.8 Å². The van der Waals surface area contributed by atoms with E-state index < -0.39 is 7.94 Å². The molecule has 0 aliphatic rings. The quantitative estimate of drug-likeness (QED) is 0.663. The van der Waals surface area contributed by atoms with Crippen molar-refractivity contribution < 1.29 is 14.7 Å². The van der Waals surface area contributed by atoms with Gasteiger partial charge in [-0.2, -0.15) is 14.7 Å². The van der Waals surface area contributed by atoms with E-state index in [4.69, 9.17) is 0 Å². The third-order valence-corrected chi connectivity index (χ3v) is 4.01. The van der Waals surface area contributed by atoms with Crippen molar-refractivity contribution in [1.82, 2.24) is 0 Å². The first-order valence-electron chi connectivity index (χ1n) is 4.98. The van der Waals surface area contributed by atoms with Crippen molar-refractivity contribution in [3.63, 3.8) is 0 Å². The van der Waals surface area contributed by atoms with E-state index in [1.807, 2.05) is 31.2 Å². The summed E-state index contributed by atoms with van der Waals surface area (Å²) in [6, 6.07) is 9.35. The van der Waals surface area contributed by atoms with Gasteiger partial charge in [-0.15, -0.1) is 0 Å². The fourth-order valence-corrected chi connectivity index (χ4v) is 3.11. The molecule has 0 heterocycles. The van der Waals surface area contributed by atoms with E-state index in [0.717, 1.165) is 16.5 Å². The Bertz CT molecular complexity index is 544. The van der Waals surface area contributed by atoms with E-state index in [2.05, 4.69) is 0 Å². The van der Waals surface area contributed by atoms with E-state index in [-0.39, 0.29) is 5.30 Å². The van der Waals surface area contributed by atoms with Gasteiger partial charge in [0.05, 0.1) is 0 Å². The van der Waals surface area contributed by atoms with Gasteiger partial charge in [-0.05, 0) is 24.8 Å². The largest absolute Gasteiger partial charge is 0.441 e. The van der Waals surface area contributed by atoms with Gasteiger partial charge in [0, 0.05) is 10.9 Å². The lowest BCUT2D eigenvalue weighted by Gasteiger charge is -2.12. The van der Waals surface area contributed by atoms with Crippen LogP contribution in [0.15, 0.2) is 30.3 Å². The van der Waals surface area contributed by atoms with E-state index in [0.29, 0.717) is 5.39 Å². The Hall–Kier alpha value is -0.990. The van der Waals surface area contributed by atoms with Gasteiger partial charge in [0.25, 0.3) is 0 Å². The molecule has 0 bridgehead atoms. The van der Waals surface area contributed by atoms with Crippen molar-refractivity contribution in [2.75, 3.05) is 0 Å². The lowest BCUT2D eigenvalue weighted by Crippen LogP contribution is -2.15. The predicted molar refractivity (Wildman–Crippen MR) is 66.6 cm³/mol. The molecular weight excluding hydrogens is 223 g/mol. The Morgan fingerprint density at radius 2 is 1.62 bits per heavy atom. The van der Waals surface area contributed by atoms with Gasteiger partial charge < -0.3 is 0 Å². The van der Waals surface area contributed by atoms with Crippen LogP contribution in [-0.4, -0.2) is 14.7 Å². The smallest absolute Gasteiger partial charge is 0.189 e. The molecule has 0 spiro atoms. The van der Waals surface area contributed by atoms with Crippen molar-refractivity contribution in [2.45, 2.75) is 13.8 Å².